The van der Waals surface area contributed by atoms with E-state index in [1.165, 1.54) is 11.8 Å². The summed E-state index contributed by atoms with van der Waals surface area (Å²) in [5, 5.41) is 15.1. The van der Waals surface area contributed by atoms with Crippen LogP contribution in [0, 0.1) is 5.92 Å². The summed E-state index contributed by atoms with van der Waals surface area (Å²) in [7, 11) is 0. The number of H-pyrrole nitrogens is 1. The standard InChI is InChI=1S/C26H27F3N4OS/c27-26(28,29)18-9-7-16(8-10-18)3-1-4-19(17-11-13-30-14-12-17)31-25(34)23-15-21-24-20(32-33-21)5-2-6-22(24)35-23/h2,5-10,15,17,19,30H,1,3-4,11-14H2,(H,31,34)(H,32,33). The van der Waals surface area contributed by atoms with Gasteiger partial charge < -0.3 is 10.6 Å². The predicted octanol–water partition coefficient (Wildman–Crippen LogP) is 5.54. The first kappa shape index (κ1) is 23.9. The molecular formula is C26H27F3N4OS. The number of aromatic amines is 1. The number of hydrogen-bond donors (Lipinski definition) is 3. The lowest BCUT2D eigenvalue weighted by Gasteiger charge is -2.32. The Balaban J connectivity index is 1.25. The first-order valence-electron chi connectivity index (χ1n) is 11.9. The number of benzene rings is 2. The molecule has 2 aliphatic rings. The van der Waals surface area contributed by atoms with Crippen molar-refractivity contribution in [1.82, 2.24) is 20.8 Å². The first-order chi connectivity index (χ1) is 16.9. The van der Waals surface area contributed by atoms with E-state index in [1.807, 2.05) is 24.3 Å². The van der Waals surface area contributed by atoms with Crippen LogP contribution in [0.5, 0.6) is 0 Å². The first-order valence-corrected chi connectivity index (χ1v) is 12.7. The second-order valence-corrected chi connectivity index (χ2v) is 10.2. The fourth-order valence-electron chi connectivity index (χ4n) is 4.94. The molecule has 35 heavy (non-hydrogen) atoms. The highest BCUT2D eigenvalue weighted by atomic mass is 32.2. The van der Waals surface area contributed by atoms with Crippen molar-refractivity contribution in [3.05, 3.63) is 64.2 Å². The molecule has 3 heterocycles. The maximum atomic E-state index is 13.3. The number of aromatic nitrogens is 2. The topological polar surface area (TPSA) is 69.8 Å². The highest BCUT2D eigenvalue weighted by Crippen LogP contribution is 2.40. The highest BCUT2D eigenvalue weighted by Gasteiger charge is 2.30. The molecule has 184 valence electrons. The molecule has 3 aromatic rings. The SMILES string of the molecule is O=C(NC(CCCc1ccc(C(F)(F)F)cc1)C1CCNCC1)C1=Cc2[nH]nc3cccc(c23)S1. The monoisotopic (exact) mass is 500 g/mol. The number of rotatable bonds is 7. The summed E-state index contributed by atoms with van der Waals surface area (Å²) in [5.41, 5.74) is 1.98. The minimum Gasteiger partial charge on any atom is -0.349 e. The summed E-state index contributed by atoms with van der Waals surface area (Å²) in [6.07, 6.45) is 1.76. The minimum atomic E-state index is -4.32. The molecule has 5 rings (SSSR count). The van der Waals surface area contributed by atoms with Crippen LogP contribution in [0.25, 0.3) is 17.0 Å². The molecule has 0 spiro atoms. The smallest absolute Gasteiger partial charge is 0.349 e. The molecule has 0 aliphatic carbocycles. The van der Waals surface area contributed by atoms with Crippen LogP contribution in [0.1, 0.15) is 42.5 Å². The summed E-state index contributed by atoms with van der Waals surface area (Å²) in [6.45, 7) is 1.85. The average molecular weight is 501 g/mol. The van der Waals surface area contributed by atoms with Crippen molar-refractivity contribution >= 4 is 34.6 Å². The second-order valence-electron chi connectivity index (χ2n) is 9.15. The molecule has 0 radical (unpaired) electrons. The summed E-state index contributed by atoms with van der Waals surface area (Å²) in [6, 6.07) is 11.3. The summed E-state index contributed by atoms with van der Waals surface area (Å²) in [4.78, 5) is 15.0. The Morgan fingerprint density at radius 2 is 1.91 bits per heavy atom. The molecule has 2 aliphatic heterocycles. The Morgan fingerprint density at radius 1 is 1.14 bits per heavy atom. The van der Waals surface area contributed by atoms with Gasteiger partial charge in [-0.3, -0.25) is 9.89 Å². The molecular weight excluding hydrogens is 473 g/mol. The van der Waals surface area contributed by atoms with Crippen LogP contribution < -0.4 is 10.6 Å². The lowest BCUT2D eigenvalue weighted by Crippen LogP contribution is -2.44. The van der Waals surface area contributed by atoms with E-state index >= 15 is 0 Å². The quantitative estimate of drug-likeness (QED) is 0.399. The van der Waals surface area contributed by atoms with Crippen LogP contribution in [-0.4, -0.2) is 35.2 Å². The number of thioether (sulfide) groups is 1. The molecule has 9 heteroatoms. The van der Waals surface area contributed by atoms with Crippen molar-refractivity contribution in [2.75, 3.05) is 13.1 Å². The summed E-state index contributed by atoms with van der Waals surface area (Å²) >= 11 is 1.46. The highest BCUT2D eigenvalue weighted by molar-refractivity contribution is 8.04. The number of aryl methyl sites for hydroxylation is 1. The van der Waals surface area contributed by atoms with E-state index < -0.39 is 11.7 Å². The fourth-order valence-corrected chi connectivity index (χ4v) is 5.97. The van der Waals surface area contributed by atoms with Gasteiger partial charge in [-0.05, 0) is 87.0 Å². The fraction of sp³-hybridized carbons (Fsp3) is 0.385. The zero-order valence-corrected chi connectivity index (χ0v) is 19.9. The molecule has 1 atom stereocenters. The lowest BCUT2D eigenvalue weighted by atomic mass is 9.86. The zero-order chi connectivity index (χ0) is 24.4. The number of halogens is 3. The molecule has 2 aromatic carbocycles. The van der Waals surface area contributed by atoms with Crippen LogP contribution >= 0.6 is 11.8 Å². The van der Waals surface area contributed by atoms with Crippen LogP contribution in [0.15, 0.2) is 52.3 Å². The number of nitrogens with one attached hydrogen (secondary N) is 3. The average Bonchev–Trinajstić information content (AvgIpc) is 3.28. The zero-order valence-electron chi connectivity index (χ0n) is 19.1. The number of nitrogens with zero attached hydrogens (tertiary/aromatic N) is 1. The van der Waals surface area contributed by atoms with Crippen LogP contribution in [0.2, 0.25) is 0 Å². The van der Waals surface area contributed by atoms with Crippen LogP contribution in [0.3, 0.4) is 0 Å². The molecule has 1 saturated heterocycles. The molecule has 0 bridgehead atoms. The summed E-state index contributed by atoms with van der Waals surface area (Å²) in [5.74, 6) is 0.276. The van der Waals surface area contributed by atoms with Crippen molar-refractivity contribution in [2.24, 2.45) is 5.92 Å². The third-order valence-corrected chi connectivity index (χ3v) is 7.90. The number of carbonyl (C=O) groups is 1. The molecule has 1 unspecified atom stereocenters. The van der Waals surface area contributed by atoms with E-state index in [9.17, 15) is 18.0 Å². The van der Waals surface area contributed by atoms with Crippen LogP contribution in [0.4, 0.5) is 13.2 Å². The van der Waals surface area contributed by atoms with Crippen LogP contribution in [-0.2, 0) is 17.4 Å². The van der Waals surface area contributed by atoms with Gasteiger partial charge in [-0.2, -0.15) is 18.3 Å². The summed E-state index contributed by atoms with van der Waals surface area (Å²) < 4.78 is 38.5. The Bertz CT molecular complexity index is 1230. The number of alkyl halides is 3. The lowest BCUT2D eigenvalue weighted by molar-refractivity contribution is -0.137. The molecule has 5 nitrogen and oxygen atoms in total. The van der Waals surface area contributed by atoms with E-state index in [4.69, 9.17) is 0 Å². The van der Waals surface area contributed by atoms with Gasteiger partial charge in [0.25, 0.3) is 5.91 Å². The number of piperidine rings is 1. The van der Waals surface area contributed by atoms with Gasteiger partial charge in [0.1, 0.15) is 0 Å². The minimum absolute atomic E-state index is 0.0134. The van der Waals surface area contributed by atoms with Crippen molar-refractivity contribution in [2.45, 2.75) is 49.2 Å². The predicted molar refractivity (Wildman–Crippen MR) is 132 cm³/mol. The third-order valence-electron chi connectivity index (χ3n) is 6.82. The Morgan fingerprint density at radius 3 is 2.66 bits per heavy atom. The van der Waals surface area contributed by atoms with Gasteiger partial charge in [0.05, 0.1) is 21.7 Å². The van der Waals surface area contributed by atoms with Crippen molar-refractivity contribution in [1.29, 1.82) is 0 Å². The van der Waals surface area contributed by atoms with Crippen molar-refractivity contribution < 1.29 is 18.0 Å². The molecule has 0 saturated carbocycles. The molecule has 1 aromatic heterocycles. The van der Waals surface area contributed by atoms with E-state index in [0.29, 0.717) is 17.2 Å². The second kappa shape index (κ2) is 10.1. The molecule has 1 fully saturated rings. The van der Waals surface area contributed by atoms with Gasteiger partial charge in [0, 0.05) is 16.3 Å². The van der Waals surface area contributed by atoms with Gasteiger partial charge in [-0.25, -0.2) is 0 Å². The molecule has 1 amide bonds. The Hall–Kier alpha value is -2.78. The molecule has 3 N–H and O–H groups in total. The van der Waals surface area contributed by atoms with Gasteiger partial charge in [-0.15, -0.1) is 0 Å². The number of amides is 1. The van der Waals surface area contributed by atoms with Gasteiger partial charge in [0.15, 0.2) is 0 Å². The maximum absolute atomic E-state index is 13.3. The van der Waals surface area contributed by atoms with E-state index in [-0.39, 0.29) is 11.9 Å². The van der Waals surface area contributed by atoms with E-state index in [2.05, 4.69) is 20.8 Å². The Kier molecular flexibility index (Phi) is 6.88. The van der Waals surface area contributed by atoms with E-state index in [0.717, 1.165) is 78.0 Å². The Labute approximate surface area is 205 Å². The van der Waals surface area contributed by atoms with Gasteiger partial charge in [0.2, 0.25) is 0 Å². The number of hydrogen-bond acceptors (Lipinski definition) is 4. The van der Waals surface area contributed by atoms with E-state index in [1.54, 1.807) is 12.1 Å². The van der Waals surface area contributed by atoms with Gasteiger partial charge >= 0.3 is 6.18 Å². The number of carbonyl (C=O) groups excluding carboxylic acids is 1. The maximum Gasteiger partial charge on any atom is 0.416 e. The van der Waals surface area contributed by atoms with Gasteiger partial charge in [-0.1, -0.05) is 30.0 Å². The van der Waals surface area contributed by atoms with Crippen molar-refractivity contribution in [3.8, 4) is 0 Å². The van der Waals surface area contributed by atoms with Crippen molar-refractivity contribution in [3.63, 3.8) is 0 Å². The third kappa shape index (κ3) is 5.41. The normalized spacial score (nSPS) is 17.3. The largest absolute Gasteiger partial charge is 0.416 e.